The first kappa shape index (κ1) is 38.0. The molecule has 0 aromatic heterocycles. The van der Waals surface area contributed by atoms with Crippen molar-refractivity contribution in [3.05, 3.63) is 0 Å². The number of halogens is 5. The van der Waals surface area contributed by atoms with Crippen LogP contribution in [-0.4, -0.2) is 69.1 Å². The molecule has 10 heteroatoms. The molecule has 0 aromatic rings. The first-order chi connectivity index (χ1) is 22.0. The summed E-state index contributed by atoms with van der Waals surface area (Å²) < 4.78 is 87.0. The molecule has 3 saturated carbocycles. The fraction of sp³-hybridized carbons (Fsp3) is 0.972. The highest BCUT2D eigenvalue weighted by molar-refractivity contribution is 5.78. The predicted octanol–water partition coefficient (Wildman–Crippen LogP) is 8.92. The van der Waals surface area contributed by atoms with Crippen molar-refractivity contribution in [2.75, 3.05) is 26.3 Å². The average Bonchev–Trinajstić information content (AvgIpc) is 3.52. The van der Waals surface area contributed by atoms with Crippen molar-refractivity contribution >= 4 is 5.78 Å². The number of hydrogen-bond acceptors (Lipinski definition) is 5. The van der Waals surface area contributed by atoms with Gasteiger partial charge in [-0.1, -0.05) is 26.7 Å². The van der Waals surface area contributed by atoms with Crippen molar-refractivity contribution < 1.29 is 41.0 Å². The van der Waals surface area contributed by atoms with Gasteiger partial charge < -0.3 is 19.5 Å². The summed E-state index contributed by atoms with van der Waals surface area (Å²) in [6.45, 7) is 6.73. The van der Waals surface area contributed by atoms with E-state index in [0.29, 0.717) is 57.7 Å². The summed E-state index contributed by atoms with van der Waals surface area (Å²) in [6.07, 6.45) is 4.68. The van der Waals surface area contributed by atoms with E-state index in [1.807, 2.05) is 6.92 Å². The molecule has 1 N–H and O–H groups in total. The van der Waals surface area contributed by atoms with Crippen LogP contribution in [0.2, 0.25) is 0 Å². The number of ether oxygens (including phenoxy) is 3. The molecule has 4 rings (SSSR count). The molecule has 1 heterocycles. The van der Waals surface area contributed by atoms with Crippen molar-refractivity contribution in [3.63, 3.8) is 0 Å². The highest BCUT2D eigenvalue weighted by atomic mass is 19.4. The lowest BCUT2D eigenvalue weighted by Gasteiger charge is -2.42. The maximum atomic E-state index is 14.1. The van der Waals surface area contributed by atoms with Crippen molar-refractivity contribution in [1.82, 2.24) is 5.32 Å². The second-order valence-electron chi connectivity index (χ2n) is 15.1. The summed E-state index contributed by atoms with van der Waals surface area (Å²) in [5, 5.41) is 3.33. The second-order valence-corrected chi connectivity index (χ2v) is 15.1. The van der Waals surface area contributed by atoms with Crippen LogP contribution >= 0.6 is 0 Å². The van der Waals surface area contributed by atoms with Gasteiger partial charge in [0.05, 0.1) is 30.3 Å². The first-order valence-corrected chi connectivity index (χ1v) is 18.5. The Bertz CT molecular complexity index is 877. The minimum absolute atomic E-state index is 0.0271. The van der Waals surface area contributed by atoms with E-state index in [0.717, 1.165) is 70.9 Å². The molecule has 0 aromatic carbocycles. The van der Waals surface area contributed by atoms with Crippen LogP contribution < -0.4 is 5.32 Å². The van der Waals surface area contributed by atoms with Crippen molar-refractivity contribution in [2.24, 2.45) is 35.5 Å². The van der Waals surface area contributed by atoms with E-state index >= 15 is 0 Å². The molecule has 46 heavy (non-hydrogen) atoms. The zero-order valence-electron chi connectivity index (χ0n) is 28.2. The maximum Gasteiger partial charge on any atom is 0.391 e. The lowest BCUT2D eigenvalue weighted by atomic mass is 9.70. The number of unbranched alkanes of at least 4 members (excludes halogenated alkanes) is 2. The first-order valence-electron chi connectivity index (χ1n) is 18.5. The van der Waals surface area contributed by atoms with Gasteiger partial charge in [0.15, 0.2) is 0 Å². The largest absolute Gasteiger partial charge is 0.391 e. The standard InChI is InChI=1S/C36H60F5NO4/c1-3-4-5-6-30(43)21-27-20-28(35(37)38)19-26(34(27)46-32-11-14-42-23-32)13-16-44-15-12-25-7-9-31(10-8-25)45-33-18-24(2)17-29(22-33)36(39,40)41/h24-29,31-35,42H,3-23H2,1-2H3/t24?,25?,26?,27?,28?,29?,31?,32-,33?,34?/m1/s1. The molecule has 0 bridgehead atoms. The summed E-state index contributed by atoms with van der Waals surface area (Å²) in [5.41, 5.74) is 0. The third-order valence-corrected chi connectivity index (χ3v) is 11.3. The predicted molar refractivity (Wildman–Crippen MR) is 169 cm³/mol. The summed E-state index contributed by atoms with van der Waals surface area (Å²) in [5.74, 6) is -1.52. The van der Waals surface area contributed by atoms with E-state index < -0.39 is 24.4 Å². The molecule has 0 amide bonds. The van der Waals surface area contributed by atoms with Gasteiger partial charge in [-0.05, 0) is 114 Å². The molecular formula is C36H60F5NO4. The normalized spacial score (nSPS) is 35.9. The van der Waals surface area contributed by atoms with Crippen LogP contribution in [-0.2, 0) is 19.0 Å². The number of Topliss-reactive ketones (excluding diaryl/α,β-unsaturated/α-hetero) is 1. The molecule has 4 fully saturated rings. The number of carbonyl (C=O) groups excluding carboxylic acids is 1. The Morgan fingerprint density at radius 2 is 1.59 bits per heavy atom. The third kappa shape index (κ3) is 12.2. The molecule has 4 aliphatic rings. The van der Waals surface area contributed by atoms with E-state index in [-0.39, 0.29) is 60.8 Å². The zero-order chi connectivity index (χ0) is 33.1. The van der Waals surface area contributed by atoms with Crippen LogP contribution in [0, 0.1) is 35.5 Å². The van der Waals surface area contributed by atoms with Crippen LogP contribution in [0.3, 0.4) is 0 Å². The molecule has 5 nitrogen and oxygen atoms in total. The van der Waals surface area contributed by atoms with Gasteiger partial charge in [0, 0.05) is 38.5 Å². The lowest BCUT2D eigenvalue weighted by molar-refractivity contribution is -0.201. The van der Waals surface area contributed by atoms with Gasteiger partial charge in [0.25, 0.3) is 0 Å². The number of carbonyl (C=O) groups is 1. The molecule has 7 unspecified atom stereocenters. The van der Waals surface area contributed by atoms with Crippen LogP contribution in [0.15, 0.2) is 0 Å². The van der Waals surface area contributed by atoms with Gasteiger partial charge in [0.2, 0.25) is 6.43 Å². The van der Waals surface area contributed by atoms with Crippen LogP contribution in [0.25, 0.3) is 0 Å². The van der Waals surface area contributed by atoms with Gasteiger partial charge in [0.1, 0.15) is 5.78 Å². The summed E-state index contributed by atoms with van der Waals surface area (Å²) in [4.78, 5) is 12.9. The molecule has 3 aliphatic carbocycles. The van der Waals surface area contributed by atoms with Crippen LogP contribution in [0.1, 0.15) is 123 Å². The Morgan fingerprint density at radius 3 is 2.26 bits per heavy atom. The van der Waals surface area contributed by atoms with E-state index in [1.54, 1.807) is 0 Å². The fourth-order valence-corrected chi connectivity index (χ4v) is 8.70. The van der Waals surface area contributed by atoms with E-state index in [1.165, 1.54) is 0 Å². The molecular weight excluding hydrogens is 605 g/mol. The van der Waals surface area contributed by atoms with Gasteiger partial charge in [-0.2, -0.15) is 13.2 Å². The minimum Gasteiger partial charge on any atom is -0.381 e. The topological polar surface area (TPSA) is 56.8 Å². The highest BCUT2D eigenvalue weighted by Crippen LogP contribution is 2.44. The van der Waals surface area contributed by atoms with Crippen molar-refractivity contribution in [3.8, 4) is 0 Å². The average molecular weight is 666 g/mol. The summed E-state index contributed by atoms with van der Waals surface area (Å²) in [7, 11) is 0. The number of rotatable bonds is 17. The summed E-state index contributed by atoms with van der Waals surface area (Å²) in [6, 6.07) is 0. The Morgan fingerprint density at radius 1 is 0.848 bits per heavy atom. The smallest absolute Gasteiger partial charge is 0.381 e. The van der Waals surface area contributed by atoms with Gasteiger partial charge in [-0.25, -0.2) is 8.78 Å². The number of nitrogens with one attached hydrogen (secondary N) is 1. The van der Waals surface area contributed by atoms with Gasteiger partial charge in [-0.15, -0.1) is 0 Å². The quantitative estimate of drug-likeness (QED) is 0.124. The van der Waals surface area contributed by atoms with E-state index in [9.17, 15) is 26.7 Å². The number of hydrogen-bond donors (Lipinski definition) is 1. The Balaban J connectivity index is 1.20. The molecule has 1 aliphatic heterocycles. The van der Waals surface area contributed by atoms with E-state index in [2.05, 4.69) is 12.2 Å². The van der Waals surface area contributed by atoms with Crippen molar-refractivity contribution in [1.29, 1.82) is 0 Å². The van der Waals surface area contributed by atoms with Crippen LogP contribution in [0.5, 0.6) is 0 Å². The van der Waals surface area contributed by atoms with Crippen molar-refractivity contribution in [2.45, 2.75) is 160 Å². The third-order valence-electron chi connectivity index (χ3n) is 11.3. The number of ketones is 1. The highest BCUT2D eigenvalue weighted by Gasteiger charge is 2.45. The summed E-state index contributed by atoms with van der Waals surface area (Å²) >= 11 is 0. The fourth-order valence-electron chi connectivity index (χ4n) is 8.70. The Kier molecular flexibility index (Phi) is 15.5. The SMILES string of the molecule is CCCCCC(=O)CC1CC(C(F)F)CC(CCOCCC2CCC(OC3CC(C)CC(C(F)(F)F)C3)CC2)C1O[C@@H]1CCNC1. The van der Waals surface area contributed by atoms with Gasteiger partial charge >= 0.3 is 6.18 Å². The maximum absolute atomic E-state index is 14.1. The molecule has 0 spiro atoms. The second kappa shape index (κ2) is 18.8. The monoisotopic (exact) mass is 665 g/mol. The molecule has 1 saturated heterocycles. The van der Waals surface area contributed by atoms with Gasteiger partial charge in [-0.3, -0.25) is 4.79 Å². The molecule has 8 atom stereocenters. The van der Waals surface area contributed by atoms with E-state index in [4.69, 9.17) is 14.2 Å². The molecule has 0 radical (unpaired) electrons. The zero-order valence-corrected chi connectivity index (χ0v) is 28.2. The Hall–Kier alpha value is -0.840. The lowest BCUT2D eigenvalue weighted by Crippen LogP contribution is -2.44. The molecule has 268 valence electrons. The number of alkyl halides is 5. The Labute approximate surface area is 273 Å². The minimum atomic E-state index is -4.15. The van der Waals surface area contributed by atoms with Crippen LogP contribution in [0.4, 0.5) is 22.0 Å².